The highest BCUT2D eigenvalue weighted by Gasteiger charge is 2.24. The molecule has 1 heterocycles. The van der Waals surface area contributed by atoms with Gasteiger partial charge in [-0.25, -0.2) is 4.98 Å². The molecule has 1 aliphatic carbocycles. The zero-order chi connectivity index (χ0) is 14.1. The Morgan fingerprint density at radius 3 is 2.75 bits per heavy atom. The highest BCUT2D eigenvalue weighted by Crippen LogP contribution is 2.39. The van der Waals surface area contributed by atoms with Crippen LogP contribution in [0.1, 0.15) is 42.0 Å². The van der Waals surface area contributed by atoms with Gasteiger partial charge in [-0.05, 0) is 45.2 Å². The first-order chi connectivity index (χ1) is 9.69. The number of aromatic nitrogens is 1. The van der Waals surface area contributed by atoms with Crippen molar-refractivity contribution in [3.05, 3.63) is 40.4 Å². The lowest BCUT2D eigenvalue weighted by Gasteiger charge is -2.20. The van der Waals surface area contributed by atoms with Crippen molar-refractivity contribution in [1.29, 1.82) is 0 Å². The van der Waals surface area contributed by atoms with Crippen molar-refractivity contribution >= 4 is 22.2 Å². The van der Waals surface area contributed by atoms with Crippen molar-refractivity contribution in [2.45, 2.75) is 39.2 Å². The van der Waals surface area contributed by atoms with Gasteiger partial charge in [-0.3, -0.25) is 0 Å². The minimum Gasteiger partial charge on any atom is -0.388 e. The van der Waals surface area contributed by atoms with Crippen LogP contribution in [0.25, 0.3) is 0 Å². The SMILES string of the molecule is CCN(c1ccc(C)cc1)c1nc2c(s1)C(O)CCC2. The van der Waals surface area contributed by atoms with Crippen molar-refractivity contribution in [2.24, 2.45) is 0 Å². The Labute approximate surface area is 123 Å². The van der Waals surface area contributed by atoms with Gasteiger partial charge in [0.1, 0.15) is 0 Å². The van der Waals surface area contributed by atoms with Crippen LogP contribution in [0.2, 0.25) is 0 Å². The Balaban J connectivity index is 1.95. The Bertz CT molecular complexity index is 591. The van der Waals surface area contributed by atoms with E-state index in [0.29, 0.717) is 0 Å². The van der Waals surface area contributed by atoms with E-state index in [-0.39, 0.29) is 6.10 Å². The number of hydrogen-bond donors (Lipinski definition) is 1. The van der Waals surface area contributed by atoms with Gasteiger partial charge in [-0.15, -0.1) is 0 Å². The first kappa shape index (κ1) is 13.6. The second-order valence-corrected chi connectivity index (χ2v) is 6.30. The van der Waals surface area contributed by atoms with Gasteiger partial charge in [0, 0.05) is 12.2 Å². The zero-order valence-corrected chi connectivity index (χ0v) is 12.8. The average molecular weight is 288 g/mol. The summed E-state index contributed by atoms with van der Waals surface area (Å²) in [6, 6.07) is 8.52. The lowest BCUT2D eigenvalue weighted by atomic mass is 10.0. The smallest absolute Gasteiger partial charge is 0.190 e. The third-order valence-electron chi connectivity index (χ3n) is 3.80. The third kappa shape index (κ3) is 2.45. The quantitative estimate of drug-likeness (QED) is 0.928. The number of thiazole rings is 1. The van der Waals surface area contributed by atoms with E-state index in [1.54, 1.807) is 11.3 Å². The Morgan fingerprint density at radius 2 is 2.10 bits per heavy atom. The number of aryl methyl sites for hydroxylation is 2. The van der Waals surface area contributed by atoms with Gasteiger partial charge in [0.05, 0.1) is 16.7 Å². The highest BCUT2D eigenvalue weighted by atomic mass is 32.1. The normalized spacial score (nSPS) is 17.9. The van der Waals surface area contributed by atoms with Gasteiger partial charge >= 0.3 is 0 Å². The molecule has 1 atom stereocenters. The molecule has 2 aromatic rings. The van der Waals surface area contributed by atoms with E-state index in [1.165, 1.54) is 11.3 Å². The van der Waals surface area contributed by atoms with E-state index in [1.807, 2.05) is 0 Å². The molecule has 4 heteroatoms. The van der Waals surface area contributed by atoms with Crippen molar-refractivity contribution in [3.63, 3.8) is 0 Å². The van der Waals surface area contributed by atoms with Crippen LogP contribution in [0.5, 0.6) is 0 Å². The number of fused-ring (bicyclic) bond motifs is 1. The largest absolute Gasteiger partial charge is 0.388 e. The van der Waals surface area contributed by atoms with Crippen LogP contribution in [-0.2, 0) is 6.42 Å². The number of aliphatic hydroxyl groups excluding tert-OH is 1. The van der Waals surface area contributed by atoms with Crippen LogP contribution >= 0.6 is 11.3 Å². The maximum absolute atomic E-state index is 10.1. The lowest BCUT2D eigenvalue weighted by Crippen LogP contribution is -2.15. The van der Waals surface area contributed by atoms with Crippen molar-refractivity contribution in [2.75, 3.05) is 11.4 Å². The number of benzene rings is 1. The number of rotatable bonds is 3. The molecule has 0 radical (unpaired) electrons. The standard InChI is InChI=1S/C16H20N2OS/c1-3-18(12-9-7-11(2)8-10-12)16-17-13-5-4-6-14(19)15(13)20-16/h7-10,14,19H,3-6H2,1-2H3. The van der Waals surface area contributed by atoms with Crippen molar-refractivity contribution < 1.29 is 5.11 Å². The minimum absolute atomic E-state index is 0.318. The molecule has 0 fully saturated rings. The monoisotopic (exact) mass is 288 g/mol. The fraction of sp³-hybridized carbons (Fsp3) is 0.438. The van der Waals surface area contributed by atoms with Gasteiger partial charge in [0.2, 0.25) is 0 Å². The fourth-order valence-corrected chi connectivity index (χ4v) is 3.87. The van der Waals surface area contributed by atoms with Crippen LogP contribution in [-0.4, -0.2) is 16.6 Å². The van der Waals surface area contributed by atoms with Crippen molar-refractivity contribution in [1.82, 2.24) is 4.98 Å². The van der Waals surface area contributed by atoms with Crippen LogP contribution in [0.3, 0.4) is 0 Å². The Kier molecular flexibility index (Phi) is 3.76. The summed E-state index contributed by atoms with van der Waals surface area (Å²) in [4.78, 5) is 8.04. The minimum atomic E-state index is -0.318. The molecule has 0 aliphatic heterocycles. The summed E-state index contributed by atoms with van der Waals surface area (Å²) in [6.07, 6.45) is 2.58. The fourth-order valence-electron chi connectivity index (χ4n) is 2.65. The highest BCUT2D eigenvalue weighted by molar-refractivity contribution is 7.15. The first-order valence-corrected chi connectivity index (χ1v) is 8.02. The van der Waals surface area contributed by atoms with Gasteiger partial charge in [0.15, 0.2) is 5.13 Å². The Hall–Kier alpha value is -1.39. The molecule has 1 unspecified atom stereocenters. The molecule has 0 bridgehead atoms. The maximum atomic E-state index is 10.1. The zero-order valence-electron chi connectivity index (χ0n) is 12.0. The number of nitrogens with zero attached hydrogens (tertiary/aromatic N) is 2. The molecule has 0 spiro atoms. The summed E-state index contributed by atoms with van der Waals surface area (Å²) in [5.41, 5.74) is 3.52. The van der Waals surface area contributed by atoms with E-state index in [4.69, 9.17) is 4.98 Å². The summed E-state index contributed by atoms with van der Waals surface area (Å²) in [5, 5.41) is 11.1. The average Bonchev–Trinajstić information content (AvgIpc) is 2.87. The molecular weight excluding hydrogens is 268 g/mol. The third-order valence-corrected chi connectivity index (χ3v) is 5.02. The summed E-state index contributed by atoms with van der Waals surface area (Å²) in [6.45, 7) is 5.11. The second kappa shape index (κ2) is 5.54. The van der Waals surface area contributed by atoms with Crippen LogP contribution in [0.15, 0.2) is 24.3 Å². The van der Waals surface area contributed by atoms with Gasteiger partial charge in [-0.2, -0.15) is 0 Å². The van der Waals surface area contributed by atoms with Crippen LogP contribution in [0.4, 0.5) is 10.8 Å². The molecular formula is C16H20N2OS. The van der Waals surface area contributed by atoms with E-state index < -0.39 is 0 Å². The summed E-state index contributed by atoms with van der Waals surface area (Å²) in [7, 11) is 0. The first-order valence-electron chi connectivity index (χ1n) is 7.21. The molecule has 3 nitrogen and oxygen atoms in total. The molecule has 0 amide bonds. The van der Waals surface area contributed by atoms with Crippen LogP contribution < -0.4 is 4.90 Å². The summed E-state index contributed by atoms with van der Waals surface area (Å²) >= 11 is 1.64. The number of hydrogen-bond acceptors (Lipinski definition) is 4. The topological polar surface area (TPSA) is 36.4 Å². The predicted molar refractivity (Wildman–Crippen MR) is 83.9 cm³/mol. The molecule has 0 saturated heterocycles. The molecule has 106 valence electrons. The van der Waals surface area contributed by atoms with Gasteiger partial charge < -0.3 is 10.0 Å². The Morgan fingerprint density at radius 1 is 1.35 bits per heavy atom. The molecule has 1 aromatic heterocycles. The molecule has 20 heavy (non-hydrogen) atoms. The predicted octanol–water partition coefficient (Wildman–Crippen LogP) is 3.98. The number of aliphatic hydroxyl groups is 1. The van der Waals surface area contributed by atoms with E-state index in [0.717, 1.165) is 41.5 Å². The molecule has 1 N–H and O–H groups in total. The number of anilines is 2. The van der Waals surface area contributed by atoms with Crippen molar-refractivity contribution in [3.8, 4) is 0 Å². The second-order valence-electron chi connectivity index (χ2n) is 5.30. The summed E-state index contributed by atoms with van der Waals surface area (Å²) in [5.74, 6) is 0. The van der Waals surface area contributed by atoms with E-state index in [2.05, 4.69) is 43.0 Å². The molecule has 1 aliphatic rings. The molecule has 1 aromatic carbocycles. The maximum Gasteiger partial charge on any atom is 0.190 e. The van der Waals surface area contributed by atoms with Gasteiger partial charge in [0.25, 0.3) is 0 Å². The molecule has 3 rings (SSSR count). The summed E-state index contributed by atoms with van der Waals surface area (Å²) < 4.78 is 0. The van der Waals surface area contributed by atoms with E-state index >= 15 is 0 Å². The van der Waals surface area contributed by atoms with E-state index in [9.17, 15) is 5.11 Å². The lowest BCUT2D eigenvalue weighted by molar-refractivity contribution is 0.160. The van der Waals surface area contributed by atoms with Crippen LogP contribution in [0, 0.1) is 6.92 Å². The molecule has 0 saturated carbocycles. The van der Waals surface area contributed by atoms with Gasteiger partial charge in [-0.1, -0.05) is 29.0 Å².